The van der Waals surface area contributed by atoms with Crippen molar-refractivity contribution in [3.05, 3.63) is 29.0 Å². The van der Waals surface area contributed by atoms with E-state index < -0.39 is 0 Å². The van der Waals surface area contributed by atoms with E-state index in [1.807, 2.05) is 0 Å². The standard InChI is InChI=1S/C12H16N2/c1-5-14-12-9(3)6-8(2)7-11(12)10(4)13-14/h6-7H,5H2,1-4H3. The normalized spacial score (nSPS) is 11.1. The molecule has 0 saturated carbocycles. The Kier molecular flexibility index (Phi) is 2.06. The van der Waals surface area contributed by atoms with Crippen molar-refractivity contribution in [2.24, 2.45) is 0 Å². The van der Waals surface area contributed by atoms with Gasteiger partial charge < -0.3 is 0 Å². The molecule has 0 N–H and O–H groups in total. The zero-order chi connectivity index (χ0) is 10.3. The summed E-state index contributed by atoms with van der Waals surface area (Å²) in [6, 6.07) is 4.44. The van der Waals surface area contributed by atoms with E-state index in [-0.39, 0.29) is 0 Å². The van der Waals surface area contributed by atoms with Gasteiger partial charge in [-0.2, -0.15) is 5.10 Å². The SMILES string of the molecule is CCn1nc(C)c2cc(C)cc(C)c21. The van der Waals surface area contributed by atoms with Crippen LogP contribution >= 0.6 is 0 Å². The van der Waals surface area contributed by atoms with E-state index in [0.29, 0.717) is 0 Å². The molecule has 0 bridgehead atoms. The van der Waals surface area contributed by atoms with Gasteiger partial charge in [-0.3, -0.25) is 4.68 Å². The number of benzene rings is 1. The highest BCUT2D eigenvalue weighted by Crippen LogP contribution is 2.23. The number of nitrogens with zero attached hydrogens (tertiary/aromatic N) is 2. The highest BCUT2D eigenvalue weighted by Gasteiger charge is 2.08. The summed E-state index contributed by atoms with van der Waals surface area (Å²) in [5, 5.41) is 5.82. The fraction of sp³-hybridized carbons (Fsp3) is 0.417. The zero-order valence-electron chi connectivity index (χ0n) is 9.26. The molecule has 0 aliphatic carbocycles. The average molecular weight is 188 g/mol. The molecular formula is C12H16N2. The topological polar surface area (TPSA) is 17.8 Å². The molecule has 0 atom stereocenters. The molecule has 0 amide bonds. The minimum atomic E-state index is 0.939. The Morgan fingerprint density at radius 2 is 1.93 bits per heavy atom. The molecule has 0 saturated heterocycles. The van der Waals surface area contributed by atoms with Crippen molar-refractivity contribution in [2.75, 3.05) is 0 Å². The molecule has 2 rings (SSSR count). The number of hydrogen-bond donors (Lipinski definition) is 0. The Morgan fingerprint density at radius 1 is 1.21 bits per heavy atom. The van der Waals surface area contributed by atoms with Gasteiger partial charge in [0, 0.05) is 11.9 Å². The van der Waals surface area contributed by atoms with Crippen LogP contribution in [0.25, 0.3) is 10.9 Å². The van der Waals surface area contributed by atoms with Gasteiger partial charge in [-0.1, -0.05) is 11.6 Å². The van der Waals surface area contributed by atoms with Gasteiger partial charge in [0.05, 0.1) is 11.2 Å². The molecule has 0 unspecified atom stereocenters. The Labute approximate surface area is 84.5 Å². The van der Waals surface area contributed by atoms with Crippen molar-refractivity contribution in [1.29, 1.82) is 0 Å². The summed E-state index contributed by atoms with van der Waals surface area (Å²) in [5.74, 6) is 0. The van der Waals surface area contributed by atoms with Crippen LogP contribution in [0.4, 0.5) is 0 Å². The van der Waals surface area contributed by atoms with Crippen molar-refractivity contribution in [1.82, 2.24) is 9.78 Å². The molecule has 1 aromatic heterocycles. The molecule has 2 nitrogen and oxygen atoms in total. The highest BCUT2D eigenvalue weighted by atomic mass is 15.3. The first-order valence-electron chi connectivity index (χ1n) is 5.08. The first kappa shape index (κ1) is 9.25. The van der Waals surface area contributed by atoms with Crippen molar-refractivity contribution in [3.63, 3.8) is 0 Å². The lowest BCUT2D eigenvalue weighted by Gasteiger charge is -2.03. The number of fused-ring (bicyclic) bond motifs is 1. The molecule has 1 aromatic carbocycles. The van der Waals surface area contributed by atoms with Crippen molar-refractivity contribution < 1.29 is 0 Å². The summed E-state index contributed by atoms with van der Waals surface area (Å²) in [6.07, 6.45) is 0. The molecule has 1 heterocycles. The minimum Gasteiger partial charge on any atom is -0.265 e. The molecule has 14 heavy (non-hydrogen) atoms. The second-order valence-corrected chi connectivity index (χ2v) is 3.88. The van der Waals surface area contributed by atoms with Gasteiger partial charge in [0.15, 0.2) is 0 Å². The van der Waals surface area contributed by atoms with Crippen LogP contribution in [0.5, 0.6) is 0 Å². The maximum Gasteiger partial charge on any atom is 0.0714 e. The summed E-state index contributed by atoms with van der Waals surface area (Å²) >= 11 is 0. The summed E-state index contributed by atoms with van der Waals surface area (Å²) in [6.45, 7) is 9.44. The lowest BCUT2D eigenvalue weighted by atomic mass is 10.1. The monoisotopic (exact) mass is 188 g/mol. The lowest BCUT2D eigenvalue weighted by molar-refractivity contribution is 0.675. The zero-order valence-corrected chi connectivity index (χ0v) is 9.26. The summed E-state index contributed by atoms with van der Waals surface area (Å²) in [4.78, 5) is 0. The fourth-order valence-electron chi connectivity index (χ4n) is 2.09. The van der Waals surface area contributed by atoms with E-state index in [1.54, 1.807) is 0 Å². The Morgan fingerprint density at radius 3 is 2.57 bits per heavy atom. The van der Waals surface area contributed by atoms with E-state index >= 15 is 0 Å². The quantitative estimate of drug-likeness (QED) is 0.672. The van der Waals surface area contributed by atoms with E-state index in [2.05, 4.69) is 49.6 Å². The van der Waals surface area contributed by atoms with Crippen molar-refractivity contribution in [3.8, 4) is 0 Å². The van der Waals surface area contributed by atoms with Gasteiger partial charge in [0.2, 0.25) is 0 Å². The Hall–Kier alpha value is -1.31. The summed E-state index contributed by atoms with van der Waals surface area (Å²) in [7, 11) is 0. The largest absolute Gasteiger partial charge is 0.265 e. The molecule has 0 aliphatic rings. The second kappa shape index (κ2) is 3.12. The van der Waals surface area contributed by atoms with Gasteiger partial charge in [-0.05, 0) is 39.3 Å². The first-order valence-corrected chi connectivity index (χ1v) is 5.08. The molecule has 0 aliphatic heterocycles. The van der Waals surface area contributed by atoms with Crippen LogP contribution in [0.2, 0.25) is 0 Å². The highest BCUT2D eigenvalue weighted by molar-refractivity contribution is 5.85. The van der Waals surface area contributed by atoms with Crippen LogP contribution < -0.4 is 0 Å². The van der Waals surface area contributed by atoms with Gasteiger partial charge in [0.25, 0.3) is 0 Å². The average Bonchev–Trinajstić information content (AvgIpc) is 2.43. The third-order valence-corrected chi connectivity index (χ3v) is 2.66. The molecule has 0 fully saturated rings. The lowest BCUT2D eigenvalue weighted by Crippen LogP contribution is -1.97. The maximum atomic E-state index is 4.53. The summed E-state index contributed by atoms with van der Waals surface area (Å²) < 4.78 is 2.08. The molecule has 2 heteroatoms. The van der Waals surface area contributed by atoms with Gasteiger partial charge in [-0.25, -0.2) is 0 Å². The van der Waals surface area contributed by atoms with Gasteiger partial charge >= 0.3 is 0 Å². The predicted octanol–water partition coefficient (Wildman–Crippen LogP) is 2.98. The molecule has 0 radical (unpaired) electrons. The van der Waals surface area contributed by atoms with Crippen LogP contribution in [-0.2, 0) is 6.54 Å². The minimum absolute atomic E-state index is 0.939. The molecule has 0 spiro atoms. The van der Waals surface area contributed by atoms with E-state index in [1.165, 1.54) is 22.0 Å². The number of aromatic nitrogens is 2. The van der Waals surface area contributed by atoms with E-state index in [0.717, 1.165) is 12.2 Å². The van der Waals surface area contributed by atoms with Crippen molar-refractivity contribution >= 4 is 10.9 Å². The maximum absolute atomic E-state index is 4.53. The van der Waals surface area contributed by atoms with Crippen LogP contribution in [0.3, 0.4) is 0 Å². The van der Waals surface area contributed by atoms with Crippen LogP contribution in [0, 0.1) is 20.8 Å². The third-order valence-electron chi connectivity index (χ3n) is 2.66. The van der Waals surface area contributed by atoms with Gasteiger partial charge in [-0.15, -0.1) is 0 Å². The number of rotatable bonds is 1. The van der Waals surface area contributed by atoms with E-state index in [4.69, 9.17) is 0 Å². The molecular weight excluding hydrogens is 172 g/mol. The van der Waals surface area contributed by atoms with Gasteiger partial charge in [0.1, 0.15) is 0 Å². The molecule has 2 aromatic rings. The Balaban J connectivity index is 2.89. The van der Waals surface area contributed by atoms with E-state index in [9.17, 15) is 0 Å². The second-order valence-electron chi connectivity index (χ2n) is 3.88. The smallest absolute Gasteiger partial charge is 0.0714 e. The third kappa shape index (κ3) is 1.22. The fourth-order valence-corrected chi connectivity index (χ4v) is 2.09. The first-order chi connectivity index (χ1) is 6.63. The van der Waals surface area contributed by atoms with Crippen LogP contribution in [0.1, 0.15) is 23.7 Å². The van der Waals surface area contributed by atoms with Crippen LogP contribution in [0.15, 0.2) is 12.1 Å². The summed E-state index contributed by atoms with van der Waals surface area (Å²) in [5.41, 5.74) is 5.06. The number of aryl methyl sites for hydroxylation is 4. The Bertz CT molecular complexity index is 481. The predicted molar refractivity (Wildman–Crippen MR) is 59.6 cm³/mol. The molecule has 74 valence electrons. The van der Waals surface area contributed by atoms with Crippen molar-refractivity contribution in [2.45, 2.75) is 34.2 Å². The van der Waals surface area contributed by atoms with Crippen LogP contribution in [-0.4, -0.2) is 9.78 Å². The number of hydrogen-bond acceptors (Lipinski definition) is 1.